The number of nitrogens with two attached hydrogens (primary N) is 2. The summed E-state index contributed by atoms with van der Waals surface area (Å²) >= 11 is 0. The second-order valence-electron chi connectivity index (χ2n) is 7.65. The Labute approximate surface area is 184 Å². The van der Waals surface area contributed by atoms with E-state index in [1.165, 1.54) is 6.92 Å². The monoisotopic (exact) mass is 451 g/mol. The van der Waals surface area contributed by atoms with Crippen LogP contribution in [0.2, 0.25) is 0 Å². The van der Waals surface area contributed by atoms with Crippen LogP contribution in [0.4, 0.5) is 0 Å². The largest absolute Gasteiger partial charge is 0.370 e. The van der Waals surface area contributed by atoms with Gasteiger partial charge in [0.1, 0.15) is 0 Å². The molecular formula is C21H33N5O4S. The Hall–Kier alpha value is -2.46. The van der Waals surface area contributed by atoms with E-state index in [-0.39, 0.29) is 35.0 Å². The van der Waals surface area contributed by atoms with Crippen LogP contribution in [0.5, 0.6) is 0 Å². The van der Waals surface area contributed by atoms with E-state index in [0.29, 0.717) is 6.42 Å². The fourth-order valence-electron chi connectivity index (χ4n) is 3.63. The van der Waals surface area contributed by atoms with Gasteiger partial charge in [-0.1, -0.05) is 13.8 Å². The minimum atomic E-state index is -3.59. The van der Waals surface area contributed by atoms with E-state index in [4.69, 9.17) is 16.2 Å². The van der Waals surface area contributed by atoms with Gasteiger partial charge in [-0.25, -0.2) is 13.4 Å². The molecule has 0 saturated carbocycles. The third-order valence-electron chi connectivity index (χ3n) is 5.28. The highest BCUT2D eigenvalue weighted by Crippen LogP contribution is 2.30. The van der Waals surface area contributed by atoms with Gasteiger partial charge in [0.2, 0.25) is 5.91 Å². The smallest absolute Gasteiger partial charge is 0.217 e. The number of nitrogens with one attached hydrogen (secondary N) is 1. The lowest BCUT2D eigenvalue weighted by Crippen LogP contribution is -2.54. The highest BCUT2D eigenvalue weighted by atomic mass is 32.2. The predicted molar refractivity (Wildman–Crippen MR) is 121 cm³/mol. The molecule has 1 amide bonds. The van der Waals surface area contributed by atoms with Crippen molar-refractivity contribution in [2.75, 3.05) is 5.75 Å². The van der Waals surface area contributed by atoms with Gasteiger partial charge >= 0.3 is 0 Å². The van der Waals surface area contributed by atoms with E-state index in [1.807, 2.05) is 13.8 Å². The number of rotatable bonds is 10. The second kappa shape index (κ2) is 11.2. The van der Waals surface area contributed by atoms with Crippen LogP contribution < -0.4 is 16.8 Å². The molecule has 9 nitrogen and oxygen atoms in total. The number of amides is 1. The van der Waals surface area contributed by atoms with Crippen molar-refractivity contribution in [3.8, 4) is 0 Å². The van der Waals surface area contributed by atoms with Crippen molar-refractivity contribution in [1.82, 2.24) is 10.3 Å². The molecule has 1 aromatic rings. The van der Waals surface area contributed by atoms with Gasteiger partial charge in [0, 0.05) is 30.6 Å². The number of carbonyl (C=O) groups excluding carboxylic acids is 1. The molecule has 0 saturated heterocycles. The van der Waals surface area contributed by atoms with Crippen molar-refractivity contribution < 1.29 is 17.9 Å². The zero-order valence-corrected chi connectivity index (χ0v) is 19.1. The summed E-state index contributed by atoms with van der Waals surface area (Å²) in [4.78, 5) is 20.2. The van der Waals surface area contributed by atoms with Gasteiger partial charge in [-0.2, -0.15) is 0 Å². The number of nitrogens with zero attached hydrogens (tertiary/aromatic N) is 2. The first-order chi connectivity index (χ1) is 14.7. The average molecular weight is 452 g/mol. The van der Waals surface area contributed by atoms with E-state index in [0.717, 1.165) is 18.4 Å². The minimum Gasteiger partial charge on any atom is -0.370 e. The number of ether oxygens (including phenoxy) is 1. The zero-order valence-electron chi connectivity index (χ0n) is 18.3. The Kier molecular flexibility index (Phi) is 9.00. The van der Waals surface area contributed by atoms with E-state index in [9.17, 15) is 13.2 Å². The van der Waals surface area contributed by atoms with E-state index >= 15 is 0 Å². The fourth-order valence-corrected chi connectivity index (χ4v) is 5.16. The molecule has 0 unspecified atom stereocenters. The topological polar surface area (TPSA) is 150 Å². The van der Waals surface area contributed by atoms with E-state index < -0.39 is 28.0 Å². The molecule has 0 aliphatic heterocycles. The molecule has 1 aromatic heterocycles. The molecule has 0 aromatic carbocycles. The third-order valence-corrected chi connectivity index (χ3v) is 7.13. The molecule has 172 valence electrons. The molecule has 31 heavy (non-hydrogen) atoms. The number of sulfone groups is 1. The number of aromatic nitrogens is 1. The number of pyridine rings is 1. The molecule has 0 radical (unpaired) electrons. The summed E-state index contributed by atoms with van der Waals surface area (Å²) < 4.78 is 32.5. The molecule has 3 atom stereocenters. The zero-order chi connectivity index (χ0) is 23.0. The number of carbonyl (C=O) groups is 1. The maximum Gasteiger partial charge on any atom is 0.217 e. The van der Waals surface area contributed by atoms with Crippen LogP contribution in [-0.4, -0.2) is 55.3 Å². The normalized spacial score (nSPS) is 21.4. The quantitative estimate of drug-likeness (QED) is 0.355. The van der Waals surface area contributed by atoms with Crippen LogP contribution in [0.15, 0.2) is 40.5 Å². The summed E-state index contributed by atoms with van der Waals surface area (Å²) in [5.74, 6) is -0.492. The third kappa shape index (κ3) is 7.32. The summed E-state index contributed by atoms with van der Waals surface area (Å²) in [6.45, 7) is 5.38. The summed E-state index contributed by atoms with van der Waals surface area (Å²) in [5, 5.41) is 2.84. The first-order valence-electron chi connectivity index (χ1n) is 10.5. The molecule has 10 heteroatoms. The first-order valence-corrected chi connectivity index (χ1v) is 12.1. The van der Waals surface area contributed by atoms with Crippen LogP contribution in [0.1, 0.15) is 45.6 Å². The number of aryl methyl sites for hydroxylation is 1. The summed E-state index contributed by atoms with van der Waals surface area (Å²) in [6.07, 6.45) is 6.08. The van der Waals surface area contributed by atoms with Crippen molar-refractivity contribution >= 4 is 21.7 Å². The first kappa shape index (κ1) is 24.8. The number of guanidine groups is 1. The molecule has 2 rings (SSSR count). The number of aliphatic imine (C=N–C) groups is 1. The maximum absolute atomic E-state index is 13.2. The van der Waals surface area contributed by atoms with Crippen LogP contribution in [0, 0.1) is 0 Å². The Balaban J connectivity index is 2.37. The van der Waals surface area contributed by atoms with Crippen molar-refractivity contribution in [3.05, 3.63) is 41.1 Å². The average Bonchev–Trinajstić information content (AvgIpc) is 2.72. The van der Waals surface area contributed by atoms with Gasteiger partial charge in [0.05, 0.1) is 30.0 Å². The van der Waals surface area contributed by atoms with Crippen LogP contribution in [0.25, 0.3) is 0 Å². The van der Waals surface area contributed by atoms with Crippen LogP contribution in [-0.2, 0) is 25.8 Å². The highest BCUT2D eigenvalue weighted by Gasteiger charge is 2.39. The standard InChI is InChI=1S/C21H33N5O4S/c1-4-16(5-2)30-19-13-17(12-18(26-21(22)23)20(19)25-14(3)27)31(28,29)11-8-15-6-9-24-10-7-15/h6-7,9-10,13,16,18-20H,4-5,8,11-12H2,1-3H3,(H,25,27)(H4,22,23,26)/t18-,19+,20+/m0/s1. The molecule has 5 N–H and O–H groups in total. The van der Waals surface area contributed by atoms with Gasteiger partial charge in [-0.3, -0.25) is 9.78 Å². The van der Waals surface area contributed by atoms with Crippen molar-refractivity contribution in [2.45, 2.75) is 70.7 Å². The summed E-state index contributed by atoms with van der Waals surface area (Å²) in [6, 6.07) is 2.36. The minimum absolute atomic E-state index is 0.0557. The SMILES string of the molecule is CCC(CC)O[C@@H]1C=C(S(=O)(=O)CCc2ccncc2)C[C@H](N=C(N)N)[C@H]1NC(C)=O. The van der Waals surface area contributed by atoms with Crippen molar-refractivity contribution in [2.24, 2.45) is 16.5 Å². The Morgan fingerprint density at radius 1 is 1.29 bits per heavy atom. The van der Waals surface area contributed by atoms with Gasteiger partial charge in [-0.05, 0) is 43.0 Å². The fraction of sp³-hybridized carbons (Fsp3) is 0.571. The molecular weight excluding hydrogens is 418 g/mol. The van der Waals surface area contributed by atoms with Gasteiger partial charge < -0.3 is 21.5 Å². The van der Waals surface area contributed by atoms with Gasteiger partial charge in [0.15, 0.2) is 15.8 Å². The Bertz CT molecular complexity index is 894. The molecule has 1 aliphatic rings. The van der Waals surface area contributed by atoms with Gasteiger partial charge in [0.25, 0.3) is 0 Å². The van der Waals surface area contributed by atoms with Crippen LogP contribution >= 0.6 is 0 Å². The molecule has 0 spiro atoms. The maximum atomic E-state index is 13.2. The lowest BCUT2D eigenvalue weighted by Gasteiger charge is -2.37. The Morgan fingerprint density at radius 3 is 2.48 bits per heavy atom. The number of hydrogen-bond acceptors (Lipinski definition) is 6. The number of hydrogen-bond donors (Lipinski definition) is 3. The lowest BCUT2D eigenvalue weighted by atomic mass is 9.93. The summed E-state index contributed by atoms with van der Waals surface area (Å²) in [7, 11) is -3.59. The Morgan fingerprint density at radius 2 is 1.94 bits per heavy atom. The second-order valence-corrected chi connectivity index (χ2v) is 9.81. The van der Waals surface area contributed by atoms with Crippen molar-refractivity contribution in [1.29, 1.82) is 0 Å². The molecule has 0 bridgehead atoms. The van der Waals surface area contributed by atoms with Gasteiger partial charge in [-0.15, -0.1) is 0 Å². The van der Waals surface area contributed by atoms with E-state index in [1.54, 1.807) is 30.6 Å². The van der Waals surface area contributed by atoms with E-state index in [2.05, 4.69) is 15.3 Å². The molecule has 0 fully saturated rings. The molecule has 1 aliphatic carbocycles. The van der Waals surface area contributed by atoms with Crippen LogP contribution in [0.3, 0.4) is 0 Å². The lowest BCUT2D eigenvalue weighted by molar-refractivity contribution is -0.121. The highest BCUT2D eigenvalue weighted by molar-refractivity contribution is 7.95. The summed E-state index contributed by atoms with van der Waals surface area (Å²) in [5.41, 5.74) is 12.1. The molecule has 1 heterocycles. The van der Waals surface area contributed by atoms with Crippen molar-refractivity contribution in [3.63, 3.8) is 0 Å². The predicted octanol–water partition coefficient (Wildman–Crippen LogP) is 1.05.